The van der Waals surface area contributed by atoms with Gasteiger partial charge in [0.15, 0.2) is 5.52 Å². The Morgan fingerprint density at radius 2 is 2.21 bits per heavy atom. The molecule has 0 spiro atoms. The second-order valence-electron chi connectivity index (χ2n) is 2.44. The third-order valence-corrected chi connectivity index (χ3v) is 1.92. The quantitative estimate of drug-likeness (QED) is 0.220. The summed E-state index contributed by atoms with van der Waals surface area (Å²) in [5.74, 6) is 5.35. The second kappa shape index (κ2) is 4.64. The van der Waals surface area contributed by atoms with E-state index in [9.17, 15) is 4.79 Å². The monoisotopic (exact) mass is 232 g/mol. The number of aromatic nitrogens is 3. The molecule has 0 atom stereocenters. The molecule has 7 heteroatoms. The van der Waals surface area contributed by atoms with Crippen LogP contribution in [0.5, 0.6) is 0 Å². The fourth-order valence-corrected chi connectivity index (χ4v) is 1.19. The Hall–Kier alpha value is -0.0536. The van der Waals surface area contributed by atoms with E-state index in [-0.39, 0.29) is 62.1 Å². The maximum atomic E-state index is 11.4. The zero-order chi connectivity index (χ0) is 9.42. The zero-order valence-electron chi connectivity index (χ0n) is 7.47. The molecule has 2 aromatic rings. The number of hydrogen-bond donors (Lipinski definition) is 1. The smallest absolute Gasteiger partial charge is 0.740 e. The molecule has 0 aliphatic carbocycles. The van der Waals surface area contributed by atoms with Crippen LogP contribution in [0.4, 0.5) is 0 Å². The number of hydrogen-bond acceptors (Lipinski definition) is 5. The van der Waals surface area contributed by atoms with Gasteiger partial charge in [-0.15, -0.1) is 0 Å². The van der Waals surface area contributed by atoms with Crippen LogP contribution in [-0.4, -0.2) is 14.6 Å². The molecular formula is C7H5KN4OS. The summed E-state index contributed by atoms with van der Waals surface area (Å²) in [5.41, 5.74) is 0.286. The third-order valence-electron chi connectivity index (χ3n) is 1.63. The van der Waals surface area contributed by atoms with Crippen molar-refractivity contribution in [1.82, 2.24) is 14.6 Å². The van der Waals surface area contributed by atoms with E-state index in [1.54, 1.807) is 12.1 Å². The van der Waals surface area contributed by atoms with Gasteiger partial charge in [0.2, 0.25) is 0 Å². The van der Waals surface area contributed by atoms with E-state index in [2.05, 4.69) is 9.97 Å². The predicted octanol–water partition coefficient (Wildman–Crippen LogP) is -3.58. The first kappa shape index (κ1) is 12.0. The first-order valence-electron chi connectivity index (χ1n) is 3.50. The Kier molecular flexibility index (Phi) is 3.99. The van der Waals surface area contributed by atoms with E-state index in [0.717, 1.165) is 4.68 Å². The largest absolute Gasteiger partial charge is 1.00 e. The van der Waals surface area contributed by atoms with Gasteiger partial charge in [0.25, 0.3) is 5.56 Å². The number of nitrogens with two attached hydrogens (primary N) is 1. The van der Waals surface area contributed by atoms with E-state index in [0.29, 0.717) is 5.52 Å². The van der Waals surface area contributed by atoms with Gasteiger partial charge in [-0.3, -0.25) is 9.78 Å². The van der Waals surface area contributed by atoms with Gasteiger partial charge in [-0.25, -0.2) is 9.66 Å². The van der Waals surface area contributed by atoms with Gasteiger partial charge in [-0.05, 0) is 12.1 Å². The van der Waals surface area contributed by atoms with Crippen LogP contribution in [0.15, 0.2) is 28.3 Å². The van der Waals surface area contributed by atoms with Crippen LogP contribution in [-0.2, 0) is 12.6 Å². The summed E-state index contributed by atoms with van der Waals surface area (Å²) in [4.78, 5) is 19.2. The Balaban J connectivity index is 0.000000980. The van der Waals surface area contributed by atoms with Crippen LogP contribution in [0.1, 0.15) is 0 Å². The molecule has 14 heavy (non-hydrogen) atoms. The average molecular weight is 232 g/mol. The van der Waals surface area contributed by atoms with Gasteiger partial charge < -0.3 is 18.5 Å². The summed E-state index contributed by atoms with van der Waals surface area (Å²) in [6.45, 7) is 0. The van der Waals surface area contributed by atoms with Crippen LogP contribution in [0, 0.1) is 0 Å². The Bertz CT molecular complexity index is 527. The standard InChI is InChI=1S/C7H6N4OS.K/c8-11-6(12)5-4(10-7(11)13)2-1-3-9-5;/h1-3H,8H2,(H,10,13);/q;+1/p-1. The van der Waals surface area contributed by atoms with Crippen LogP contribution in [0.3, 0.4) is 0 Å². The van der Waals surface area contributed by atoms with Crippen LogP contribution in [0.2, 0.25) is 0 Å². The van der Waals surface area contributed by atoms with E-state index < -0.39 is 5.56 Å². The van der Waals surface area contributed by atoms with E-state index in [1.165, 1.54) is 6.20 Å². The minimum absolute atomic E-state index is 0. The van der Waals surface area contributed by atoms with Gasteiger partial charge in [-0.1, -0.05) is 0 Å². The number of nitrogens with zero attached hydrogens (tertiary/aromatic N) is 3. The van der Waals surface area contributed by atoms with Crippen molar-refractivity contribution in [3.63, 3.8) is 0 Å². The molecular weight excluding hydrogens is 227 g/mol. The molecule has 0 amide bonds. The van der Waals surface area contributed by atoms with Crippen LogP contribution >= 0.6 is 0 Å². The third kappa shape index (κ3) is 1.97. The van der Waals surface area contributed by atoms with E-state index >= 15 is 0 Å². The summed E-state index contributed by atoms with van der Waals surface area (Å²) in [6.07, 6.45) is 1.51. The van der Waals surface area contributed by atoms with Crippen LogP contribution in [0.25, 0.3) is 11.0 Å². The molecule has 5 nitrogen and oxygen atoms in total. The molecule has 0 saturated carbocycles. The number of rotatable bonds is 0. The van der Waals surface area contributed by atoms with Crippen molar-refractivity contribution in [2.45, 2.75) is 5.16 Å². The normalized spacial score (nSPS) is 9.71. The zero-order valence-corrected chi connectivity index (χ0v) is 11.4. The average Bonchev–Trinajstić information content (AvgIpc) is 2.15. The van der Waals surface area contributed by atoms with Crippen molar-refractivity contribution in [3.8, 4) is 0 Å². The van der Waals surface area contributed by atoms with Crippen LogP contribution < -0.4 is 62.8 Å². The van der Waals surface area contributed by atoms with Crippen molar-refractivity contribution in [2.75, 3.05) is 5.84 Å². The molecule has 66 valence electrons. The Morgan fingerprint density at radius 3 is 2.93 bits per heavy atom. The van der Waals surface area contributed by atoms with Crippen molar-refractivity contribution < 1.29 is 51.4 Å². The van der Waals surface area contributed by atoms with Gasteiger partial charge in [-0.2, -0.15) is 0 Å². The molecule has 0 fully saturated rings. The molecule has 0 bridgehead atoms. The number of nitrogen functional groups attached to an aromatic ring is 1. The molecule has 2 aromatic heterocycles. The predicted molar refractivity (Wildman–Crippen MR) is 49.6 cm³/mol. The second-order valence-corrected chi connectivity index (χ2v) is 2.81. The first-order valence-corrected chi connectivity index (χ1v) is 3.91. The molecule has 2 N–H and O–H groups in total. The fourth-order valence-electron chi connectivity index (χ4n) is 1.01. The molecule has 0 saturated heterocycles. The number of fused-ring (bicyclic) bond motifs is 1. The summed E-state index contributed by atoms with van der Waals surface area (Å²) < 4.78 is 0.810. The van der Waals surface area contributed by atoms with Gasteiger partial charge in [0.1, 0.15) is 0 Å². The Labute approximate surface area is 128 Å². The maximum Gasteiger partial charge on any atom is 1.00 e. The van der Waals surface area contributed by atoms with Gasteiger partial charge in [0, 0.05) is 11.4 Å². The maximum absolute atomic E-state index is 11.4. The van der Waals surface area contributed by atoms with Crippen molar-refractivity contribution in [1.29, 1.82) is 0 Å². The molecule has 0 aromatic carbocycles. The molecule has 2 rings (SSSR count). The van der Waals surface area contributed by atoms with Crippen molar-refractivity contribution in [2.24, 2.45) is 0 Å². The summed E-state index contributed by atoms with van der Waals surface area (Å²) in [5, 5.41) is 0.0606. The molecule has 0 aliphatic rings. The van der Waals surface area contributed by atoms with Gasteiger partial charge >= 0.3 is 51.4 Å². The van der Waals surface area contributed by atoms with Crippen molar-refractivity contribution >= 4 is 23.7 Å². The Morgan fingerprint density at radius 1 is 1.50 bits per heavy atom. The summed E-state index contributed by atoms with van der Waals surface area (Å²) in [6, 6.07) is 3.35. The fraction of sp³-hybridized carbons (Fsp3) is 0. The molecule has 2 heterocycles. The van der Waals surface area contributed by atoms with E-state index in [4.69, 9.17) is 18.5 Å². The van der Waals surface area contributed by atoms with Crippen molar-refractivity contribution in [3.05, 3.63) is 28.7 Å². The minimum Gasteiger partial charge on any atom is -0.740 e. The van der Waals surface area contributed by atoms with Gasteiger partial charge in [0.05, 0.1) is 5.52 Å². The first-order chi connectivity index (χ1) is 6.20. The molecule has 0 aliphatic heterocycles. The number of pyridine rings is 1. The van der Waals surface area contributed by atoms with E-state index in [1.807, 2.05) is 0 Å². The summed E-state index contributed by atoms with van der Waals surface area (Å²) >= 11 is 4.77. The molecule has 0 unspecified atom stereocenters. The SMILES string of the molecule is Nn1c([S-])nc2cccnc2c1=O.[K+]. The molecule has 0 radical (unpaired) electrons. The minimum atomic E-state index is -0.421. The topological polar surface area (TPSA) is 73.8 Å². The summed E-state index contributed by atoms with van der Waals surface area (Å²) in [7, 11) is 0.